The topological polar surface area (TPSA) is 41.7 Å². The van der Waals surface area contributed by atoms with E-state index in [2.05, 4.69) is 50.0 Å². The second kappa shape index (κ2) is 7.20. The van der Waals surface area contributed by atoms with Crippen LogP contribution in [-0.4, -0.2) is 61.8 Å². The molecule has 2 atom stereocenters. The van der Waals surface area contributed by atoms with E-state index in [1.165, 1.54) is 12.0 Å². The zero-order valence-electron chi connectivity index (χ0n) is 12.4. The first-order valence-electron chi connectivity index (χ1n) is 7.80. The lowest BCUT2D eigenvalue weighted by atomic mass is 10.1. The van der Waals surface area contributed by atoms with Crippen LogP contribution >= 0.6 is 15.9 Å². The summed E-state index contributed by atoms with van der Waals surface area (Å²) in [6.07, 6.45) is 1.24. The Labute approximate surface area is 135 Å². The van der Waals surface area contributed by atoms with Crippen LogP contribution < -0.4 is 5.73 Å². The molecule has 2 saturated heterocycles. The van der Waals surface area contributed by atoms with Crippen molar-refractivity contribution < 1.29 is 4.74 Å². The molecule has 2 fully saturated rings. The predicted octanol–water partition coefficient (Wildman–Crippen LogP) is 1.86. The monoisotopic (exact) mass is 353 g/mol. The normalized spacial score (nSPS) is 26.1. The van der Waals surface area contributed by atoms with Crippen molar-refractivity contribution in [2.24, 2.45) is 5.73 Å². The summed E-state index contributed by atoms with van der Waals surface area (Å²) in [5.74, 6) is 0. The summed E-state index contributed by atoms with van der Waals surface area (Å²) in [6.45, 7) is 6.80. The largest absolute Gasteiger partial charge is 0.379 e. The number of hydrogen-bond donors (Lipinski definition) is 1. The molecule has 2 aliphatic rings. The van der Waals surface area contributed by atoms with Crippen molar-refractivity contribution in [1.82, 2.24) is 9.80 Å². The molecule has 1 aromatic rings. The number of halogens is 1. The number of nitrogens with zero attached hydrogens (tertiary/aromatic N) is 2. The number of benzene rings is 1. The van der Waals surface area contributed by atoms with Crippen molar-refractivity contribution in [1.29, 1.82) is 0 Å². The average molecular weight is 354 g/mol. The van der Waals surface area contributed by atoms with E-state index in [0.717, 1.165) is 43.9 Å². The lowest BCUT2D eigenvalue weighted by Crippen LogP contribution is -2.45. The van der Waals surface area contributed by atoms with Crippen LogP contribution in [0.1, 0.15) is 18.0 Å². The van der Waals surface area contributed by atoms with Crippen LogP contribution in [0.15, 0.2) is 28.7 Å². The SMILES string of the molecule is NCC(c1ccccc1Br)N1CCC(N2CCOCC2)C1. The second-order valence-corrected chi connectivity index (χ2v) is 6.71. The summed E-state index contributed by atoms with van der Waals surface area (Å²) in [5.41, 5.74) is 7.39. The molecule has 4 nitrogen and oxygen atoms in total. The van der Waals surface area contributed by atoms with Crippen LogP contribution in [0, 0.1) is 0 Å². The van der Waals surface area contributed by atoms with Crippen molar-refractivity contribution in [2.45, 2.75) is 18.5 Å². The number of likely N-dealkylation sites (tertiary alicyclic amines) is 1. The molecule has 3 rings (SSSR count). The lowest BCUT2D eigenvalue weighted by molar-refractivity contribution is 0.0176. The molecule has 5 heteroatoms. The summed E-state index contributed by atoms with van der Waals surface area (Å²) < 4.78 is 6.62. The van der Waals surface area contributed by atoms with Crippen molar-refractivity contribution in [3.05, 3.63) is 34.3 Å². The quantitative estimate of drug-likeness (QED) is 0.896. The van der Waals surface area contributed by atoms with E-state index in [0.29, 0.717) is 18.6 Å². The van der Waals surface area contributed by atoms with Gasteiger partial charge in [-0.1, -0.05) is 34.1 Å². The van der Waals surface area contributed by atoms with E-state index < -0.39 is 0 Å². The van der Waals surface area contributed by atoms with Gasteiger partial charge in [0, 0.05) is 49.3 Å². The number of rotatable bonds is 4. The Kier molecular flexibility index (Phi) is 5.29. The fraction of sp³-hybridized carbons (Fsp3) is 0.625. The van der Waals surface area contributed by atoms with Gasteiger partial charge in [0.1, 0.15) is 0 Å². The highest BCUT2D eigenvalue weighted by molar-refractivity contribution is 9.10. The van der Waals surface area contributed by atoms with Crippen LogP contribution in [0.25, 0.3) is 0 Å². The highest BCUT2D eigenvalue weighted by Gasteiger charge is 2.32. The van der Waals surface area contributed by atoms with Crippen molar-refractivity contribution >= 4 is 15.9 Å². The first kappa shape index (κ1) is 15.4. The van der Waals surface area contributed by atoms with Gasteiger partial charge in [-0.05, 0) is 18.1 Å². The number of morpholine rings is 1. The van der Waals surface area contributed by atoms with Gasteiger partial charge in [-0.25, -0.2) is 0 Å². The van der Waals surface area contributed by atoms with E-state index in [1.807, 2.05) is 0 Å². The summed E-state index contributed by atoms with van der Waals surface area (Å²) >= 11 is 3.67. The molecule has 0 aliphatic carbocycles. The number of ether oxygens (including phenoxy) is 1. The summed E-state index contributed by atoms with van der Waals surface area (Å²) in [4.78, 5) is 5.12. The van der Waals surface area contributed by atoms with E-state index in [-0.39, 0.29) is 0 Å². The molecule has 0 bridgehead atoms. The molecule has 21 heavy (non-hydrogen) atoms. The van der Waals surface area contributed by atoms with Crippen molar-refractivity contribution in [3.8, 4) is 0 Å². The highest BCUT2D eigenvalue weighted by Crippen LogP contribution is 2.30. The Bertz CT molecular complexity index is 465. The maximum atomic E-state index is 6.08. The molecule has 0 spiro atoms. The van der Waals surface area contributed by atoms with Gasteiger partial charge < -0.3 is 10.5 Å². The fourth-order valence-corrected chi connectivity index (χ4v) is 4.06. The van der Waals surface area contributed by atoms with Crippen LogP contribution in [-0.2, 0) is 4.74 Å². The molecule has 116 valence electrons. The molecule has 0 saturated carbocycles. The van der Waals surface area contributed by atoms with Gasteiger partial charge in [0.15, 0.2) is 0 Å². The minimum Gasteiger partial charge on any atom is -0.379 e. The average Bonchev–Trinajstić information content (AvgIpc) is 3.00. The number of nitrogens with two attached hydrogens (primary N) is 1. The fourth-order valence-electron chi connectivity index (χ4n) is 3.51. The lowest BCUT2D eigenvalue weighted by Gasteiger charge is -2.33. The van der Waals surface area contributed by atoms with Gasteiger partial charge in [-0.2, -0.15) is 0 Å². The van der Waals surface area contributed by atoms with E-state index in [4.69, 9.17) is 10.5 Å². The minimum atomic E-state index is 0.312. The second-order valence-electron chi connectivity index (χ2n) is 5.86. The molecular formula is C16H24BrN3O. The third-order valence-electron chi connectivity index (χ3n) is 4.69. The zero-order valence-corrected chi connectivity index (χ0v) is 14.0. The zero-order chi connectivity index (χ0) is 14.7. The third-order valence-corrected chi connectivity index (χ3v) is 5.41. The van der Waals surface area contributed by atoms with E-state index >= 15 is 0 Å². The molecule has 2 unspecified atom stereocenters. The van der Waals surface area contributed by atoms with Crippen LogP contribution in [0.4, 0.5) is 0 Å². The van der Waals surface area contributed by atoms with Gasteiger partial charge >= 0.3 is 0 Å². The standard InChI is InChI=1S/C16H24BrN3O/c17-15-4-2-1-3-14(15)16(11-18)20-6-5-13(12-20)19-7-9-21-10-8-19/h1-4,13,16H,5-12,18H2. The summed E-state index contributed by atoms with van der Waals surface area (Å²) in [6, 6.07) is 9.41. The van der Waals surface area contributed by atoms with Gasteiger partial charge in [0.25, 0.3) is 0 Å². The van der Waals surface area contributed by atoms with Gasteiger partial charge in [0.05, 0.1) is 13.2 Å². The molecule has 0 amide bonds. The molecule has 0 aromatic heterocycles. The first-order chi connectivity index (χ1) is 10.3. The summed E-state index contributed by atoms with van der Waals surface area (Å²) in [5, 5.41) is 0. The van der Waals surface area contributed by atoms with Gasteiger partial charge in [-0.15, -0.1) is 0 Å². The van der Waals surface area contributed by atoms with Gasteiger partial charge in [-0.3, -0.25) is 9.80 Å². The Hall–Kier alpha value is -0.460. The molecular weight excluding hydrogens is 330 g/mol. The minimum absolute atomic E-state index is 0.312. The number of hydrogen-bond acceptors (Lipinski definition) is 4. The molecule has 2 N–H and O–H groups in total. The van der Waals surface area contributed by atoms with Crippen molar-refractivity contribution in [3.63, 3.8) is 0 Å². The van der Waals surface area contributed by atoms with E-state index in [9.17, 15) is 0 Å². The van der Waals surface area contributed by atoms with Crippen molar-refractivity contribution in [2.75, 3.05) is 45.9 Å². The maximum absolute atomic E-state index is 6.08. The summed E-state index contributed by atoms with van der Waals surface area (Å²) in [7, 11) is 0. The van der Waals surface area contributed by atoms with Gasteiger partial charge in [0.2, 0.25) is 0 Å². The highest BCUT2D eigenvalue weighted by atomic mass is 79.9. The molecule has 2 aliphatic heterocycles. The third kappa shape index (κ3) is 3.48. The molecule has 1 aromatic carbocycles. The molecule has 2 heterocycles. The van der Waals surface area contributed by atoms with E-state index in [1.54, 1.807) is 0 Å². The smallest absolute Gasteiger partial charge is 0.0594 e. The first-order valence-corrected chi connectivity index (χ1v) is 8.59. The van der Waals surface area contributed by atoms with Crippen LogP contribution in [0.3, 0.4) is 0 Å². The van der Waals surface area contributed by atoms with Crippen LogP contribution in [0.2, 0.25) is 0 Å². The maximum Gasteiger partial charge on any atom is 0.0594 e. The Morgan fingerprint density at radius 2 is 2.00 bits per heavy atom. The Morgan fingerprint density at radius 1 is 1.24 bits per heavy atom. The molecule has 0 radical (unpaired) electrons. The Balaban J connectivity index is 1.67. The van der Waals surface area contributed by atoms with Crippen LogP contribution in [0.5, 0.6) is 0 Å². The predicted molar refractivity (Wildman–Crippen MR) is 88.3 cm³/mol. The Morgan fingerprint density at radius 3 is 2.71 bits per heavy atom.